The zero-order chi connectivity index (χ0) is 14.0. The lowest BCUT2D eigenvalue weighted by atomic mass is 10.1. The lowest BCUT2D eigenvalue weighted by Gasteiger charge is -2.25. The normalized spacial score (nSPS) is 20.6. The number of rotatable bonds is 5. The fourth-order valence-corrected chi connectivity index (χ4v) is 3.15. The first kappa shape index (κ1) is 14.8. The molecule has 1 aromatic rings. The number of likely N-dealkylation sites (tertiary alicyclic amines) is 1. The summed E-state index contributed by atoms with van der Waals surface area (Å²) >= 11 is 6.39. The number of ether oxygens (including phenoxy) is 1. The summed E-state index contributed by atoms with van der Waals surface area (Å²) in [6.45, 7) is 9.06. The molecule has 0 aliphatic carbocycles. The molecule has 1 fully saturated rings. The zero-order valence-corrected chi connectivity index (χ0v) is 13.1. The number of hydrogen-bond acceptors (Lipinski definition) is 3. The van der Waals surface area contributed by atoms with Crippen molar-refractivity contribution in [3.05, 3.63) is 16.4 Å². The van der Waals surface area contributed by atoms with Gasteiger partial charge in [-0.25, -0.2) is 0 Å². The summed E-state index contributed by atoms with van der Waals surface area (Å²) < 4.78 is 7.43. The molecular formula is C14H24ClN3O. The predicted molar refractivity (Wildman–Crippen MR) is 77.6 cm³/mol. The Morgan fingerprint density at radius 3 is 2.79 bits per heavy atom. The van der Waals surface area contributed by atoms with Crippen LogP contribution in [0.5, 0.6) is 0 Å². The summed E-state index contributed by atoms with van der Waals surface area (Å²) in [7, 11) is 1.90. The zero-order valence-electron chi connectivity index (χ0n) is 12.3. The van der Waals surface area contributed by atoms with Crippen LogP contribution < -0.4 is 0 Å². The van der Waals surface area contributed by atoms with Crippen LogP contribution in [0, 0.1) is 6.92 Å². The summed E-state index contributed by atoms with van der Waals surface area (Å²) in [5, 5.41) is 5.20. The fourth-order valence-electron chi connectivity index (χ4n) is 2.85. The lowest BCUT2D eigenvalue weighted by molar-refractivity contribution is 0.0563. The number of aryl methyl sites for hydroxylation is 2. The van der Waals surface area contributed by atoms with Crippen LogP contribution in [0.4, 0.5) is 0 Å². The van der Waals surface area contributed by atoms with E-state index in [1.807, 2.05) is 14.0 Å². The van der Waals surface area contributed by atoms with Crippen molar-refractivity contribution in [3.63, 3.8) is 0 Å². The Balaban J connectivity index is 2.06. The smallest absolute Gasteiger partial charge is 0.131 e. The molecule has 1 saturated heterocycles. The van der Waals surface area contributed by atoms with Crippen molar-refractivity contribution in [2.75, 3.05) is 19.7 Å². The van der Waals surface area contributed by atoms with Gasteiger partial charge in [-0.15, -0.1) is 0 Å². The molecule has 0 radical (unpaired) electrons. The molecule has 1 aliphatic heterocycles. The van der Waals surface area contributed by atoms with Crippen LogP contribution in [0.1, 0.15) is 44.0 Å². The molecule has 4 nitrogen and oxygen atoms in total. The molecule has 19 heavy (non-hydrogen) atoms. The van der Waals surface area contributed by atoms with Gasteiger partial charge in [-0.05, 0) is 40.2 Å². The van der Waals surface area contributed by atoms with Gasteiger partial charge in [0.25, 0.3) is 0 Å². The van der Waals surface area contributed by atoms with E-state index in [1.54, 1.807) is 4.68 Å². The van der Waals surface area contributed by atoms with Crippen molar-refractivity contribution in [2.24, 2.45) is 7.05 Å². The summed E-state index contributed by atoms with van der Waals surface area (Å²) in [6.07, 6.45) is 2.68. The van der Waals surface area contributed by atoms with Gasteiger partial charge in [0, 0.05) is 25.2 Å². The van der Waals surface area contributed by atoms with Crippen molar-refractivity contribution < 1.29 is 4.74 Å². The summed E-state index contributed by atoms with van der Waals surface area (Å²) in [6, 6.07) is 0.400. The maximum absolute atomic E-state index is 6.39. The van der Waals surface area contributed by atoms with E-state index in [0.29, 0.717) is 12.1 Å². The van der Waals surface area contributed by atoms with Gasteiger partial charge < -0.3 is 4.74 Å². The largest absolute Gasteiger partial charge is 0.377 e. The molecule has 1 aliphatic rings. The topological polar surface area (TPSA) is 30.3 Å². The Morgan fingerprint density at radius 1 is 1.47 bits per heavy atom. The molecule has 0 aromatic carbocycles. The highest BCUT2D eigenvalue weighted by Crippen LogP contribution is 2.37. The third-order valence-electron chi connectivity index (χ3n) is 3.72. The van der Waals surface area contributed by atoms with Crippen LogP contribution in [0.2, 0.25) is 5.15 Å². The summed E-state index contributed by atoms with van der Waals surface area (Å²) in [4.78, 5) is 2.47. The van der Waals surface area contributed by atoms with Gasteiger partial charge in [-0.3, -0.25) is 9.58 Å². The Hall–Kier alpha value is -0.580. The molecule has 0 spiro atoms. The van der Waals surface area contributed by atoms with E-state index < -0.39 is 0 Å². The number of aromatic nitrogens is 2. The Morgan fingerprint density at radius 2 is 2.21 bits per heavy atom. The molecule has 108 valence electrons. The fraction of sp³-hybridized carbons (Fsp3) is 0.786. The molecule has 0 N–H and O–H groups in total. The SMILES string of the molecule is Cc1nn(C)c(Cl)c1C1CCCN1CCOC(C)C. The molecule has 1 aromatic heterocycles. The van der Waals surface area contributed by atoms with Gasteiger partial charge in [-0.1, -0.05) is 11.6 Å². The van der Waals surface area contributed by atoms with E-state index in [2.05, 4.69) is 23.8 Å². The van der Waals surface area contributed by atoms with Crippen LogP contribution >= 0.6 is 11.6 Å². The first-order valence-corrected chi connectivity index (χ1v) is 7.43. The predicted octanol–water partition coefficient (Wildman–Crippen LogP) is 2.94. The Bertz CT molecular complexity index is 431. The van der Waals surface area contributed by atoms with Crippen LogP contribution in [0.25, 0.3) is 0 Å². The second-order valence-electron chi connectivity index (χ2n) is 5.53. The van der Waals surface area contributed by atoms with Gasteiger partial charge in [0.05, 0.1) is 18.4 Å². The summed E-state index contributed by atoms with van der Waals surface area (Å²) in [5.41, 5.74) is 2.25. The minimum atomic E-state index is 0.296. The molecule has 1 unspecified atom stereocenters. The Kier molecular flexibility index (Phi) is 4.87. The maximum atomic E-state index is 6.39. The maximum Gasteiger partial charge on any atom is 0.131 e. The molecule has 0 bridgehead atoms. The van der Waals surface area contributed by atoms with E-state index in [0.717, 1.165) is 37.0 Å². The first-order chi connectivity index (χ1) is 9.00. The average molecular weight is 286 g/mol. The monoisotopic (exact) mass is 285 g/mol. The van der Waals surface area contributed by atoms with E-state index >= 15 is 0 Å². The van der Waals surface area contributed by atoms with Crippen LogP contribution in [0.15, 0.2) is 0 Å². The second-order valence-corrected chi connectivity index (χ2v) is 5.89. The number of halogens is 1. The molecule has 2 heterocycles. The third kappa shape index (κ3) is 3.30. The van der Waals surface area contributed by atoms with Gasteiger partial charge in [-0.2, -0.15) is 5.10 Å². The minimum absolute atomic E-state index is 0.296. The molecule has 5 heteroatoms. The van der Waals surface area contributed by atoms with Crippen LogP contribution in [-0.2, 0) is 11.8 Å². The minimum Gasteiger partial charge on any atom is -0.377 e. The van der Waals surface area contributed by atoms with Gasteiger partial charge in [0.15, 0.2) is 0 Å². The molecular weight excluding hydrogens is 262 g/mol. The van der Waals surface area contributed by atoms with E-state index in [4.69, 9.17) is 16.3 Å². The highest BCUT2D eigenvalue weighted by molar-refractivity contribution is 6.30. The molecule has 0 saturated carbocycles. The van der Waals surface area contributed by atoms with E-state index in [9.17, 15) is 0 Å². The molecule has 2 rings (SSSR count). The van der Waals surface area contributed by atoms with Crippen molar-refractivity contribution in [2.45, 2.75) is 45.8 Å². The van der Waals surface area contributed by atoms with Crippen molar-refractivity contribution in [1.29, 1.82) is 0 Å². The lowest BCUT2D eigenvalue weighted by Crippen LogP contribution is -2.28. The van der Waals surface area contributed by atoms with Gasteiger partial charge in [0.2, 0.25) is 0 Å². The van der Waals surface area contributed by atoms with E-state index in [-0.39, 0.29) is 0 Å². The highest BCUT2D eigenvalue weighted by atomic mass is 35.5. The Labute approximate surface area is 120 Å². The molecule has 0 amide bonds. The standard InChI is InChI=1S/C14H24ClN3O/c1-10(2)19-9-8-18-7-5-6-12(18)13-11(3)16-17(4)14(13)15/h10,12H,5-9H2,1-4H3. The number of hydrogen-bond donors (Lipinski definition) is 0. The average Bonchev–Trinajstić information content (AvgIpc) is 2.85. The second kappa shape index (κ2) is 6.25. The third-order valence-corrected chi connectivity index (χ3v) is 4.17. The van der Waals surface area contributed by atoms with Gasteiger partial charge in [0.1, 0.15) is 5.15 Å². The quantitative estimate of drug-likeness (QED) is 0.833. The van der Waals surface area contributed by atoms with E-state index in [1.165, 1.54) is 12.0 Å². The van der Waals surface area contributed by atoms with Gasteiger partial charge >= 0.3 is 0 Å². The highest BCUT2D eigenvalue weighted by Gasteiger charge is 2.30. The van der Waals surface area contributed by atoms with Crippen molar-refractivity contribution >= 4 is 11.6 Å². The van der Waals surface area contributed by atoms with Crippen LogP contribution in [0.3, 0.4) is 0 Å². The number of nitrogens with zero attached hydrogens (tertiary/aromatic N) is 3. The van der Waals surface area contributed by atoms with Crippen molar-refractivity contribution in [3.8, 4) is 0 Å². The summed E-state index contributed by atoms with van der Waals surface area (Å²) in [5.74, 6) is 0. The first-order valence-electron chi connectivity index (χ1n) is 7.05. The van der Waals surface area contributed by atoms with Crippen molar-refractivity contribution in [1.82, 2.24) is 14.7 Å². The van der Waals surface area contributed by atoms with Crippen LogP contribution in [-0.4, -0.2) is 40.5 Å². The molecule has 1 atom stereocenters.